The Hall–Kier alpha value is -1.78. The molecule has 2 aromatic carbocycles. The van der Waals surface area contributed by atoms with Crippen molar-refractivity contribution < 1.29 is 14.0 Å². The largest absolute Gasteiger partial charge is 0.497 e. The fourth-order valence-electron chi connectivity index (χ4n) is 3.14. The van der Waals surface area contributed by atoms with Gasteiger partial charge in [-0.15, -0.1) is 0 Å². The number of benzene rings is 2. The van der Waals surface area contributed by atoms with E-state index in [4.69, 9.17) is 14.0 Å². The monoisotopic (exact) mass is 338 g/mol. The lowest BCUT2D eigenvalue weighted by molar-refractivity contribution is 0.00578. The maximum absolute atomic E-state index is 6.36. The van der Waals surface area contributed by atoms with Gasteiger partial charge < -0.3 is 14.0 Å². The number of ether oxygens (including phenoxy) is 1. The van der Waals surface area contributed by atoms with Crippen molar-refractivity contribution in [3.05, 3.63) is 65.7 Å². The first kappa shape index (κ1) is 18.0. The second kappa shape index (κ2) is 6.85. The van der Waals surface area contributed by atoms with E-state index in [9.17, 15) is 0 Å². The normalized spacial score (nSPS) is 19.6. The van der Waals surface area contributed by atoms with Crippen LogP contribution in [0.3, 0.4) is 0 Å². The van der Waals surface area contributed by atoms with Gasteiger partial charge >= 0.3 is 7.12 Å². The van der Waals surface area contributed by atoms with Crippen LogP contribution in [0.1, 0.15) is 44.6 Å². The maximum atomic E-state index is 6.36. The fraction of sp³-hybridized carbons (Fsp3) is 0.429. The van der Waals surface area contributed by atoms with E-state index in [1.165, 1.54) is 11.1 Å². The molecule has 0 amide bonds. The molecule has 1 unspecified atom stereocenters. The van der Waals surface area contributed by atoms with Crippen LogP contribution < -0.4 is 4.74 Å². The lowest BCUT2D eigenvalue weighted by Gasteiger charge is -2.32. The standard InChI is InChI=1S/C21H27BO3/c1-20(2)21(3,4)25-22(24-20)19(15-16-9-7-6-8-10-16)17-11-13-18(23-5)14-12-17/h6-14,19H,15H2,1-5H3. The summed E-state index contributed by atoms with van der Waals surface area (Å²) in [5.41, 5.74) is 1.80. The Morgan fingerprint density at radius 2 is 1.44 bits per heavy atom. The predicted molar refractivity (Wildman–Crippen MR) is 102 cm³/mol. The molecule has 1 aliphatic heterocycles. The Morgan fingerprint density at radius 1 is 0.880 bits per heavy atom. The Kier molecular flexibility index (Phi) is 4.94. The van der Waals surface area contributed by atoms with Gasteiger partial charge in [0, 0.05) is 5.82 Å². The van der Waals surface area contributed by atoms with Crippen molar-refractivity contribution in [1.29, 1.82) is 0 Å². The summed E-state index contributed by atoms with van der Waals surface area (Å²) >= 11 is 0. The van der Waals surface area contributed by atoms with Crippen molar-refractivity contribution in [1.82, 2.24) is 0 Å². The molecule has 3 nitrogen and oxygen atoms in total. The number of hydrogen-bond acceptors (Lipinski definition) is 3. The van der Waals surface area contributed by atoms with Crippen molar-refractivity contribution in [2.75, 3.05) is 7.11 Å². The summed E-state index contributed by atoms with van der Waals surface area (Å²) in [6.07, 6.45) is 0.865. The lowest BCUT2D eigenvalue weighted by atomic mass is 9.65. The third kappa shape index (κ3) is 3.75. The third-order valence-electron chi connectivity index (χ3n) is 5.44. The summed E-state index contributed by atoms with van der Waals surface area (Å²) in [5, 5.41) is 0. The van der Waals surface area contributed by atoms with E-state index >= 15 is 0 Å². The van der Waals surface area contributed by atoms with Crippen LogP contribution in [-0.2, 0) is 15.7 Å². The summed E-state index contributed by atoms with van der Waals surface area (Å²) in [7, 11) is 1.41. The van der Waals surface area contributed by atoms with Crippen molar-refractivity contribution >= 4 is 7.12 Å². The highest BCUT2D eigenvalue weighted by Crippen LogP contribution is 2.41. The zero-order chi connectivity index (χ0) is 18.1. The van der Waals surface area contributed by atoms with Crippen LogP contribution in [0.25, 0.3) is 0 Å². The molecule has 0 N–H and O–H groups in total. The van der Waals surface area contributed by atoms with E-state index in [-0.39, 0.29) is 24.1 Å². The van der Waals surface area contributed by atoms with Gasteiger partial charge in [0.25, 0.3) is 0 Å². The van der Waals surface area contributed by atoms with Crippen LogP contribution in [0.5, 0.6) is 5.75 Å². The van der Waals surface area contributed by atoms with Crippen LogP contribution in [0.4, 0.5) is 0 Å². The molecule has 1 atom stereocenters. The highest BCUT2D eigenvalue weighted by molar-refractivity contribution is 6.47. The average molecular weight is 338 g/mol. The molecule has 0 spiro atoms. The average Bonchev–Trinajstić information content (AvgIpc) is 2.81. The molecule has 1 fully saturated rings. The molecule has 0 saturated carbocycles. The Labute approximate surface area is 151 Å². The molecule has 0 bridgehead atoms. The van der Waals surface area contributed by atoms with Gasteiger partial charge in [0.15, 0.2) is 0 Å². The van der Waals surface area contributed by atoms with Gasteiger partial charge in [-0.3, -0.25) is 0 Å². The van der Waals surface area contributed by atoms with E-state index in [0.717, 1.165) is 12.2 Å². The molecular weight excluding hydrogens is 311 g/mol. The molecular formula is C21H27BO3. The van der Waals surface area contributed by atoms with Gasteiger partial charge in [0.2, 0.25) is 0 Å². The van der Waals surface area contributed by atoms with Crippen molar-refractivity contribution in [3.8, 4) is 5.75 Å². The van der Waals surface area contributed by atoms with Gasteiger partial charge in [-0.2, -0.15) is 0 Å². The first-order chi connectivity index (χ1) is 11.8. The SMILES string of the molecule is COc1ccc(C(Cc2ccccc2)B2OC(C)(C)C(C)(C)O2)cc1. The van der Waals surface area contributed by atoms with Gasteiger partial charge in [-0.1, -0.05) is 42.5 Å². The summed E-state index contributed by atoms with van der Waals surface area (Å²) < 4.78 is 18.0. The van der Waals surface area contributed by atoms with Crippen LogP contribution in [0.2, 0.25) is 0 Å². The molecule has 1 aliphatic rings. The van der Waals surface area contributed by atoms with E-state index < -0.39 is 0 Å². The molecule has 132 valence electrons. The van der Waals surface area contributed by atoms with E-state index in [1.807, 2.05) is 18.2 Å². The van der Waals surface area contributed by atoms with Crippen molar-refractivity contribution in [2.24, 2.45) is 0 Å². The van der Waals surface area contributed by atoms with Crippen LogP contribution in [-0.4, -0.2) is 25.4 Å². The smallest absolute Gasteiger partial charge is 0.466 e. The summed E-state index contributed by atoms with van der Waals surface area (Å²) in [6.45, 7) is 8.39. The molecule has 3 rings (SSSR count). The van der Waals surface area contributed by atoms with Gasteiger partial charge in [0.05, 0.1) is 18.3 Å². The van der Waals surface area contributed by atoms with Crippen LogP contribution in [0.15, 0.2) is 54.6 Å². The summed E-state index contributed by atoms with van der Waals surface area (Å²) in [5.74, 6) is 0.977. The fourth-order valence-corrected chi connectivity index (χ4v) is 3.14. The molecule has 4 heteroatoms. The number of hydrogen-bond donors (Lipinski definition) is 0. The second-order valence-corrected chi connectivity index (χ2v) is 7.69. The molecule has 2 aromatic rings. The zero-order valence-electron chi connectivity index (χ0n) is 15.8. The predicted octanol–water partition coefficient (Wildman–Crippen LogP) is 4.65. The summed E-state index contributed by atoms with van der Waals surface area (Å²) in [6, 6.07) is 18.7. The second-order valence-electron chi connectivity index (χ2n) is 7.69. The number of rotatable bonds is 5. The minimum Gasteiger partial charge on any atom is -0.497 e. The molecule has 0 aromatic heterocycles. The minimum atomic E-state index is -0.334. The van der Waals surface area contributed by atoms with Crippen molar-refractivity contribution in [2.45, 2.75) is 51.1 Å². The first-order valence-corrected chi connectivity index (χ1v) is 8.86. The molecule has 0 radical (unpaired) electrons. The topological polar surface area (TPSA) is 27.7 Å². The minimum absolute atomic E-state index is 0.120. The highest BCUT2D eigenvalue weighted by Gasteiger charge is 2.53. The highest BCUT2D eigenvalue weighted by atomic mass is 16.7. The van der Waals surface area contributed by atoms with E-state index in [0.29, 0.717) is 0 Å². The first-order valence-electron chi connectivity index (χ1n) is 8.86. The maximum Gasteiger partial charge on any atom is 0.466 e. The lowest BCUT2D eigenvalue weighted by Crippen LogP contribution is -2.41. The van der Waals surface area contributed by atoms with Crippen LogP contribution >= 0.6 is 0 Å². The van der Waals surface area contributed by atoms with Gasteiger partial charge in [-0.05, 0) is 57.4 Å². The van der Waals surface area contributed by atoms with Gasteiger partial charge in [0.1, 0.15) is 5.75 Å². The van der Waals surface area contributed by atoms with E-state index in [2.05, 4.69) is 64.1 Å². The Bertz CT molecular complexity index is 679. The molecule has 25 heavy (non-hydrogen) atoms. The summed E-state index contributed by atoms with van der Waals surface area (Å²) in [4.78, 5) is 0. The molecule has 1 saturated heterocycles. The Morgan fingerprint density at radius 3 is 1.96 bits per heavy atom. The quantitative estimate of drug-likeness (QED) is 0.743. The Balaban J connectivity index is 1.91. The van der Waals surface area contributed by atoms with Gasteiger partial charge in [-0.25, -0.2) is 0 Å². The van der Waals surface area contributed by atoms with Crippen LogP contribution in [0, 0.1) is 0 Å². The molecule has 0 aliphatic carbocycles. The number of methoxy groups -OCH3 is 1. The van der Waals surface area contributed by atoms with E-state index in [1.54, 1.807) is 7.11 Å². The third-order valence-corrected chi connectivity index (χ3v) is 5.44. The molecule has 1 heterocycles. The van der Waals surface area contributed by atoms with Crippen molar-refractivity contribution in [3.63, 3.8) is 0 Å². The zero-order valence-corrected chi connectivity index (χ0v) is 15.8.